The molecule has 1 amide bonds. The Labute approximate surface area is 199 Å². The highest BCUT2D eigenvalue weighted by Gasteiger charge is 2.24. The summed E-state index contributed by atoms with van der Waals surface area (Å²) in [4.78, 5) is 18.6. The molecule has 3 aromatic carbocycles. The molecule has 1 aliphatic rings. The third-order valence-electron chi connectivity index (χ3n) is 6.87. The number of likely N-dealkylation sites (tertiary alicyclic amines) is 1. The molecule has 4 aromatic rings. The SMILES string of the molecule is Cc1ccc(-c2cc3[nH]cc(C(=O)N4CCC(N)CC4)c3cc2-c2ccc(C#N)cc2)c(C)c1. The molecule has 0 atom stereocenters. The number of hydrogen-bond acceptors (Lipinski definition) is 3. The number of carbonyl (C=O) groups excluding carboxylic acids is 1. The lowest BCUT2D eigenvalue weighted by atomic mass is 9.89. The first-order valence-corrected chi connectivity index (χ1v) is 11.7. The number of aromatic amines is 1. The van der Waals surface area contributed by atoms with Gasteiger partial charge in [-0.3, -0.25) is 4.79 Å². The second-order valence-electron chi connectivity index (χ2n) is 9.28. The Hall–Kier alpha value is -3.88. The summed E-state index contributed by atoms with van der Waals surface area (Å²) in [7, 11) is 0. The topological polar surface area (TPSA) is 85.9 Å². The highest BCUT2D eigenvalue weighted by molar-refractivity contribution is 6.09. The largest absolute Gasteiger partial charge is 0.360 e. The van der Waals surface area contributed by atoms with Crippen molar-refractivity contribution in [2.45, 2.75) is 32.7 Å². The van der Waals surface area contributed by atoms with E-state index >= 15 is 0 Å². The van der Waals surface area contributed by atoms with E-state index in [4.69, 9.17) is 5.73 Å². The van der Waals surface area contributed by atoms with Crippen molar-refractivity contribution < 1.29 is 4.79 Å². The number of benzene rings is 3. The fourth-order valence-electron chi connectivity index (χ4n) is 4.92. The van der Waals surface area contributed by atoms with Gasteiger partial charge in [-0.1, -0.05) is 35.9 Å². The van der Waals surface area contributed by atoms with Crippen molar-refractivity contribution in [1.29, 1.82) is 5.26 Å². The quantitative estimate of drug-likeness (QED) is 0.431. The molecule has 5 nitrogen and oxygen atoms in total. The van der Waals surface area contributed by atoms with Crippen molar-refractivity contribution in [1.82, 2.24) is 9.88 Å². The molecular formula is C29H28N4O. The highest BCUT2D eigenvalue weighted by Crippen LogP contribution is 2.38. The molecule has 1 aromatic heterocycles. The Balaban J connectivity index is 1.67. The summed E-state index contributed by atoms with van der Waals surface area (Å²) >= 11 is 0. The van der Waals surface area contributed by atoms with Crippen LogP contribution in [0.3, 0.4) is 0 Å². The standard InChI is InChI=1S/C29H28N4O/c1-18-3-8-23(19(2)13-18)25-15-28-26(14-24(25)21-6-4-20(16-30)5-7-21)27(17-32-28)29(34)33-11-9-22(31)10-12-33/h3-8,13-15,17,22,32H,9-12,31H2,1-2H3. The number of hydrogen-bond donors (Lipinski definition) is 2. The molecule has 1 saturated heterocycles. The van der Waals surface area contributed by atoms with E-state index in [1.54, 1.807) is 0 Å². The van der Waals surface area contributed by atoms with Gasteiger partial charge in [-0.25, -0.2) is 0 Å². The maximum atomic E-state index is 13.4. The molecule has 0 radical (unpaired) electrons. The average molecular weight is 449 g/mol. The molecule has 1 fully saturated rings. The molecule has 0 bridgehead atoms. The zero-order valence-electron chi connectivity index (χ0n) is 19.6. The lowest BCUT2D eigenvalue weighted by molar-refractivity contribution is 0.0717. The number of rotatable bonds is 3. The first kappa shape index (κ1) is 21.9. The van der Waals surface area contributed by atoms with Gasteiger partial charge in [0, 0.05) is 36.2 Å². The molecule has 0 aliphatic carbocycles. The van der Waals surface area contributed by atoms with Gasteiger partial charge in [0.05, 0.1) is 17.2 Å². The van der Waals surface area contributed by atoms with Crippen LogP contribution in [0.15, 0.2) is 60.8 Å². The van der Waals surface area contributed by atoms with E-state index in [2.05, 4.69) is 55.2 Å². The molecule has 34 heavy (non-hydrogen) atoms. The number of carbonyl (C=O) groups is 1. The smallest absolute Gasteiger partial charge is 0.256 e. The minimum atomic E-state index is 0.0446. The van der Waals surface area contributed by atoms with Gasteiger partial charge in [0.2, 0.25) is 0 Å². The van der Waals surface area contributed by atoms with Gasteiger partial charge in [0.1, 0.15) is 0 Å². The third kappa shape index (κ3) is 3.98. The lowest BCUT2D eigenvalue weighted by Crippen LogP contribution is -2.42. The minimum absolute atomic E-state index is 0.0446. The van der Waals surface area contributed by atoms with Crippen molar-refractivity contribution in [3.63, 3.8) is 0 Å². The van der Waals surface area contributed by atoms with E-state index in [-0.39, 0.29) is 11.9 Å². The minimum Gasteiger partial charge on any atom is -0.360 e. The number of fused-ring (bicyclic) bond motifs is 1. The molecule has 0 saturated carbocycles. The van der Waals surface area contributed by atoms with Crippen LogP contribution in [0, 0.1) is 25.2 Å². The average Bonchev–Trinajstić information content (AvgIpc) is 3.26. The van der Waals surface area contributed by atoms with Crippen molar-refractivity contribution in [3.8, 4) is 28.3 Å². The number of nitrogens with one attached hydrogen (secondary N) is 1. The molecule has 2 heterocycles. The van der Waals surface area contributed by atoms with Gasteiger partial charge in [-0.15, -0.1) is 0 Å². The summed E-state index contributed by atoms with van der Waals surface area (Å²) < 4.78 is 0. The van der Waals surface area contributed by atoms with Crippen molar-refractivity contribution in [2.75, 3.05) is 13.1 Å². The summed E-state index contributed by atoms with van der Waals surface area (Å²) in [5, 5.41) is 10.2. The summed E-state index contributed by atoms with van der Waals surface area (Å²) in [6.45, 7) is 5.60. The zero-order chi connectivity index (χ0) is 23.8. The van der Waals surface area contributed by atoms with Crippen molar-refractivity contribution in [2.24, 2.45) is 5.73 Å². The zero-order valence-corrected chi connectivity index (χ0v) is 19.6. The third-order valence-corrected chi connectivity index (χ3v) is 6.87. The number of nitrogens with two attached hydrogens (primary N) is 1. The molecule has 170 valence electrons. The van der Waals surface area contributed by atoms with Gasteiger partial charge in [-0.2, -0.15) is 5.26 Å². The first-order valence-electron chi connectivity index (χ1n) is 11.7. The predicted molar refractivity (Wildman–Crippen MR) is 136 cm³/mol. The molecular weight excluding hydrogens is 420 g/mol. The molecule has 1 aliphatic heterocycles. The second-order valence-corrected chi connectivity index (χ2v) is 9.28. The van der Waals surface area contributed by atoms with Gasteiger partial charge in [-0.05, 0) is 78.8 Å². The number of aryl methyl sites for hydroxylation is 2. The van der Waals surface area contributed by atoms with Gasteiger partial charge < -0.3 is 15.6 Å². The number of nitriles is 1. The van der Waals surface area contributed by atoms with Crippen LogP contribution >= 0.6 is 0 Å². The van der Waals surface area contributed by atoms with E-state index in [9.17, 15) is 10.1 Å². The van der Waals surface area contributed by atoms with E-state index in [1.807, 2.05) is 35.4 Å². The predicted octanol–water partition coefficient (Wildman–Crippen LogP) is 5.55. The van der Waals surface area contributed by atoms with Crippen LogP contribution in [0.25, 0.3) is 33.2 Å². The van der Waals surface area contributed by atoms with Crippen LogP contribution < -0.4 is 5.73 Å². The maximum Gasteiger partial charge on any atom is 0.256 e. The van der Waals surface area contributed by atoms with Crippen LogP contribution in [0.4, 0.5) is 0 Å². The Bertz CT molecular complexity index is 1420. The second kappa shape index (κ2) is 8.81. The van der Waals surface area contributed by atoms with Crippen LogP contribution in [-0.4, -0.2) is 34.9 Å². The Kier molecular flexibility index (Phi) is 5.69. The van der Waals surface area contributed by atoms with Crippen LogP contribution in [0.5, 0.6) is 0 Å². The van der Waals surface area contributed by atoms with E-state index in [1.165, 1.54) is 11.1 Å². The van der Waals surface area contributed by atoms with Gasteiger partial charge >= 0.3 is 0 Å². The van der Waals surface area contributed by atoms with E-state index in [0.717, 1.165) is 46.0 Å². The first-order chi connectivity index (χ1) is 16.4. The van der Waals surface area contributed by atoms with E-state index < -0.39 is 0 Å². The van der Waals surface area contributed by atoms with Crippen LogP contribution in [-0.2, 0) is 0 Å². The summed E-state index contributed by atoms with van der Waals surface area (Å²) in [5.74, 6) is 0.0446. The molecule has 5 rings (SSSR count). The molecule has 5 heteroatoms. The maximum absolute atomic E-state index is 13.4. The van der Waals surface area contributed by atoms with Crippen LogP contribution in [0.1, 0.15) is 39.9 Å². The Morgan fingerprint density at radius 2 is 1.74 bits per heavy atom. The number of nitrogens with zero attached hydrogens (tertiary/aromatic N) is 2. The fraction of sp³-hybridized carbons (Fsp3) is 0.241. The normalized spacial score (nSPS) is 14.4. The van der Waals surface area contributed by atoms with Crippen LogP contribution in [0.2, 0.25) is 0 Å². The van der Waals surface area contributed by atoms with Gasteiger partial charge in [0.25, 0.3) is 5.91 Å². The Morgan fingerprint density at radius 3 is 2.41 bits per heavy atom. The van der Waals surface area contributed by atoms with E-state index in [0.29, 0.717) is 24.2 Å². The summed E-state index contributed by atoms with van der Waals surface area (Å²) in [6, 6.07) is 20.7. The summed E-state index contributed by atoms with van der Waals surface area (Å²) in [6.07, 6.45) is 3.50. The number of H-pyrrole nitrogens is 1. The molecule has 3 N–H and O–H groups in total. The fourth-order valence-corrected chi connectivity index (χ4v) is 4.92. The lowest BCUT2D eigenvalue weighted by Gasteiger charge is -2.30. The van der Waals surface area contributed by atoms with Crippen molar-refractivity contribution >= 4 is 16.8 Å². The number of aromatic nitrogens is 1. The van der Waals surface area contributed by atoms with Gasteiger partial charge in [0.15, 0.2) is 0 Å². The monoisotopic (exact) mass is 448 g/mol. The highest BCUT2D eigenvalue weighted by atomic mass is 16.2. The number of piperidine rings is 1. The number of amides is 1. The molecule has 0 unspecified atom stereocenters. The van der Waals surface area contributed by atoms with Crippen molar-refractivity contribution in [3.05, 3.63) is 83.0 Å². The Morgan fingerprint density at radius 1 is 1.00 bits per heavy atom. The summed E-state index contributed by atoms with van der Waals surface area (Å²) in [5.41, 5.74) is 15.0. The molecule has 0 spiro atoms.